The number of hydrogen-bond donors (Lipinski definition) is 2. The van der Waals surface area contributed by atoms with Crippen LogP contribution in [0.15, 0.2) is 36.5 Å². The minimum atomic E-state index is 0.0963. The molecule has 0 saturated carbocycles. The molecule has 4 nitrogen and oxygen atoms in total. The summed E-state index contributed by atoms with van der Waals surface area (Å²) in [4.78, 5) is 0. The Morgan fingerprint density at radius 3 is 2.88 bits per heavy atom. The lowest BCUT2D eigenvalue weighted by Crippen LogP contribution is -2.12. The van der Waals surface area contributed by atoms with E-state index in [0.717, 1.165) is 16.8 Å². The van der Waals surface area contributed by atoms with E-state index in [1.54, 1.807) is 6.20 Å². The normalized spacial score (nSPS) is 10.3. The van der Waals surface area contributed by atoms with Crippen molar-refractivity contribution >= 4 is 5.84 Å². The molecular weight excluding hydrogens is 200 g/mol. The summed E-state index contributed by atoms with van der Waals surface area (Å²) in [5, 5.41) is 11.6. The first-order chi connectivity index (χ1) is 7.66. The molecule has 0 aliphatic heterocycles. The second kappa shape index (κ2) is 4.18. The van der Waals surface area contributed by atoms with Crippen LogP contribution in [0.3, 0.4) is 0 Å². The lowest BCUT2D eigenvalue weighted by atomic mass is 10.1. The van der Waals surface area contributed by atoms with Gasteiger partial charge in [0, 0.05) is 17.5 Å². The Morgan fingerprint density at radius 1 is 1.44 bits per heavy atom. The second-order valence-corrected chi connectivity index (χ2v) is 3.74. The number of amidine groups is 1. The lowest BCUT2D eigenvalue weighted by molar-refractivity contribution is 0.665. The van der Waals surface area contributed by atoms with Crippen molar-refractivity contribution in [3.8, 4) is 0 Å². The molecule has 0 atom stereocenters. The zero-order valence-corrected chi connectivity index (χ0v) is 9.14. The van der Waals surface area contributed by atoms with Crippen LogP contribution in [0.5, 0.6) is 0 Å². The zero-order valence-electron chi connectivity index (χ0n) is 9.14. The third-order valence-electron chi connectivity index (χ3n) is 2.50. The van der Waals surface area contributed by atoms with Crippen molar-refractivity contribution in [3.05, 3.63) is 53.3 Å². The van der Waals surface area contributed by atoms with Gasteiger partial charge in [-0.25, -0.2) is 0 Å². The third-order valence-corrected chi connectivity index (χ3v) is 2.50. The average molecular weight is 214 g/mol. The smallest absolute Gasteiger partial charge is 0.122 e. The lowest BCUT2D eigenvalue weighted by Gasteiger charge is -2.06. The monoisotopic (exact) mass is 214 g/mol. The minimum absolute atomic E-state index is 0.0963. The summed E-state index contributed by atoms with van der Waals surface area (Å²) in [6, 6.07) is 9.64. The van der Waals surface area contributed by atoms with Crippen molar-refractivity contribution in [3.63, 3.8) is 0 Å². The van der Waals surface area contributed by atoms with Crippen LogP contribution in [0, 0.1) is 12.3 Å². The van der Waals surface area contributed by atoms with Gasteiger partial charge in [0.1, 0.15) is 5.84 Å². The highest BCUT2D eigenvalue weighted by atomic mass is 15.3. The van der Waals surface area contributed by atoms with Gasteiger partial charge < -0.3 is 5.73 Å². The van der Waals surface area contributed by atoms with Crippen LogP contribution in [0.25, 0.3) is 0 Å². The van der Waals surface area contributed by atoms with Crippen molar-refractivity contribution in [2.24, 2.45) is 5.73 Å². The summed E-state index contributed by atoms with van der Waals surface area (Å²) in [7, 11) is 0. The predicted molar refractivity (Wildman–Crippen MR) is 63.5 cm³/mol. The van der Waals surface area contributed by atoms with Crippen LogP contribution in [0.4, 0.5) is 0 Å². The largest absolute Gasteiger partial charge is 0.384 e. The number of nitrogen functional groups attached to an aromatic ring is 1. The standard InChI is InChI=1S/C12H14N4/c1-9-5-6-15-16(9)8-10-3-2-4-11(7-10)12(13)14/h2-7H,8H2,1H3,(H3,13,14). The maximum atomic E-state index is 7.38. The van der Waals surface area contributed by atoms with Crippen LogP contribution in [-0.2, 0) is 6.54 Å². The van der Waals surface area contributed by atoms with Gasteiger partial charge >= 0.3 is 0 Å². The van der Waals surface area contributed by atoms with E-state index in [-0.39, 0.29) is 5.84 Å². The summed E-state index contributed by atoms with van der Waals surface area (Å²) in [6.07, 6.45) is 1.78. The molecule has 82 valence electrons. The SMILES string of the molecule is Cc1ccnn1Cc1cccc(C(=N)N)c1. The van der Waals surface area contributed by atoms with E-state index in [2.05, 4.69) is 5.10 Å². The van der Waals surface area contributed by atoms with E-state index in [4.69, 9.17) is 11.1 Å². The summed E-state index contributed by atoms with van der Waals surface area (Å²) >= 11 is 0. The van der Waals surface area contributed by atoms with Gasteiger partial charge in [-0.3, -0.25) is 10.1 Å². The van der Waals surface area contributed by atoms with Crippen molar-refractivity contribution in [2.75, 3.05) is 0 Å². The number of rotatable bonds is 3. The van der Waals surface area contributed by atoms with Gasteiger partial charge in [-0.05, 0) is 24.6 Å². The first-order valence-corrected chi connectivity index (χ1v) is 5.08. The first-order valence-electron chi connectivity index (χ1n) is 5.08. The molecule has 0 saturated heterocycles. The molecule has 2 aromatic rings. The number of nitrogens with two attached hydrogens (primary N) is 1. The van der Waals surface area contributed by atoms with E-state index < -0.39 is 0 Å². The highest BCUT2D eigenvalue weighted by molar-refractivity contribution is 5.95. The van der Waals surface area contributed by atoms with Gasteiger partial charge in [-0.2, -0.15) is 5.10 Å². The van der Waals surface area contributed by atoms with E-state index in [9.17, 15) is 0 Å². The number of hydrogen-bond acceptors (Lipinski definition) is 2. The van der Waals surface area contributed by atoms with Gasteiger partial charge in [0.15, 0.2) is 0 Å². The molecule has 0 amide bonds. The molecule has 1 heterocycles. The molecular formula is C12H14N4. The number of benzene rings is 1. The highest BCUT2D eigenvalue weighted by Crippen LogP contribution is 2.07. The molecule has 0 aliphatic rings. The zero-order chi connectivity index (χ0) is 11.5. The molecule has 4 heteroatoms. The van der Waals surface area contributed by atoms with Gasteiger partial charge in [-0.15, -0.1) is 0 Å². The van der Waals surface area contributed by atoms with Gasteiger partial charge in [0.25, 0.3) is 0 Å². The maximum Gasteiger partial charge on any atom is 0.122 e. The Kier molecular flexibility index (Phi) is 2.72. The quantitative estimate of drug-likeness (QED) is 0.601. The molecule has 0 radical (unpaired) electrons. The Morgan fingerprint density at radius 2 is 2.25 bits per heavy atom. The fourth-order valence-corrected chi connectivity index (χ4v) is 1.57. The molecule has 0 unspecified atom stereocenters. The fourth-order valence-electron chi connectivity index (χ4n) is 1.57. The molecule has 0 spiro atoms. The third kappa shape index (κ3) is 2.11. The van der Waals surface area contributed by atoms with Crippen LogP contribution in [0.2, 0.25) is 0 Å². The van der Waals surface area contributed by atoms with E-state index in [0.29, 0.717) is 6.54 Å². The van der Waals surface area contributed by atoms with Crippen LogP contribution >= 0.6 is 0 Å². The van der Waals surface area contributed by atoms with Crippen molar-refractivity contribution < 1.29 is 0 Å². The average Bonchev–Trinajstić information content (AvgIpc) is 2.65. The van der Waals surface area contributed by atoms with Gasteiger partial charge in [0.05, 0.1) is 6.54 Å². The van der Waals surface area contributed by atoms with Crippen molar-refractivity contribution in [2.45, 2.75) is 13.5 Å². The molecule has 2 rings (SSSR count). The van der Waals surface area contributed by atoms with Crippen LogP contribution in [-0.4, -0.2) is 15.6 Å². The number of nitrogens with zero attached hydrogens (tertiary/aromatic N) is 2. The molecule has 0 fully saturated rings. The summed E-state index contributed by atoms with van der Waals surface area (Å²) in [5.74, 6) is 0.0963. The molecule has 0 bridgehead atoms. The van der Waals surface area contributed by atoms with Crippen LogP contribution < -0.4 is 5.73 Å². The molecule has 3 N–H and O–H groups in total. The van der Waals surface area contributed by atoms with Crippen molar-refractivity contribution in [1.29, 1.82) is 5.41 Å². The number of aromatic nitrogens is 2. The van der Waals surface area contributed by atoms with Gasteiger partial charge in [0.2, 0.25) is 0 Å². The predicted octanol–water partition coefficient (Wildman–Crippen LogP) is 1.52. The molecule has 1 aromatic heterocycles. The summed E-state index contributed by atoms with van der Waals surface area (Å²) in [6.45, 7) is 2.72. The van der Waals surface area contributed by atoms with Crippen LogP contribution in [0.1, 0.15) is 16.8 Å². The number of aryl methyl sites for hydroxylation is 1. The topological polar surface area (TPSA) is 67.7 Å². The summed E-state index contributed by atoms with van der Waals surface area (Å²) in [5.41, 5.74) is 8.41. The number of nitrogens with one attached hydrogen (secondary N) is 1. The Hall–Kier alpha value is -2.10. The van der Waals surface area contributed by atoms with Gasteiger partial charge in [-0.1, -0.05) is 18.2 Å². The summed E-state index contributed by atoms with van der Waals surface area (Å²) < 4.78 is 1.92. The minimum Gasteiger partial charge on any atom is -0.384 e. The first kappa shape index (κ1) is 10.4. The van der Waals surface area contributed by atoms with Crippen molar-refractivity contribution in [1.82, 2.24) is 9.78 Å². The Bertz CT molecular complexity index is 513. The van der Waals surface area contributed by atoms with E-state index in [1.807, 2.05) is 41.9 Å². The van der Waals surface area contributed by atoms with E-state index >= 15 is 0 Å². The second-order valence-electron chi connectivity index (χ2n) is 3.74. The molecule has 0 aliphatic carbocycles. The van der Waals surface area contributed by atoms with E-state index in [1.165, 1.54) is 0 Å². The Labute approximate surface area is 94.2 Å². The highest BCUT2D eigenvalue weighted by Gasteiger charge is 2.01. The molecule has 16 heavy (non-hydrogen) atoms. The fraction of sp³-hybridized carbons (Fsp3) is 0.167. The Balaban J connectivity index is 2.25. The molecule has 1 aromatic carbocycles. The maximum absolute atomic E-state index is 7.38.